The fraction of sp³-hybridized carbons (Fsp3) is 0.391. The van der Waals surface area contributed by atoms with E-state index >= 15 is 0 Å². The minimum Gasteiger partial charge on any atom is -0.493 e. The first-order valence-corrected chi connectivity index (χ1v) is 13.0. The maximum absolute atomic E-state index is 12.9. The number of aryl methyl sites for hydroxylation is 1. The van der Waals surface area contributed by atoms with Gasteiger partial charge in [-0.15, -0.1) is 0 Å². The highest BCUT2D eigenvalue weighted by Crippen LogP contribution is 2.33. The number of fused-ring (bicyclic) bond motifs is 1. The summed E-state index contributed by atoms with van der Waals surface area (Å²) in [5.74, 6) is 0.719. The standard InChI is InChI=1S/C23H27N3O6S2/c1-25(14-16-6-5-11-32-16)34(28,29)17-9-7-15(8-10-17)22(27)24-23-26(2)18-12-19(30-3)20(31-4)13-21(18)33-23/h7-10,12-13,16H,5-6,11,14H2,1-4H3. The van der Waals surface area contributed by atoms with Crippen LogP contribution in [0.5, 0.6) is 11.5 Å². The van der Waals surface area contributed by atoms with Crippen molar-refractivity contribution in [3.8, 4) is 11.5 Å². The lowest BCUT2D eigenvalue weighted by Gasteiger charge is -2.20. The largest absolute Gasteiger partial charge is 0.493 e. The van der Waals surface area contributed by atoms with Gasteiger partial charge < -0.3 is 18.8 Å². The maximum Gasteiger partial charge on any atom is 0.279 e. The Bertz CT molecular complexity index is 1370. The van der Waals surface area contributed by atoms with Crippen molar-refractivity contribution in [2.24, 2.45) is 12.0 Å². The van der Waals surface area contributed by atoms with E-state index in [0.717, 1.165) is 23.1 Å². The number of hydrogen-bond acceptors (Lipinski definition) is 7. The highest BCUT2D eigenvalue weighted by molar-refractivity contribution is 7.89. The quantitative estimate of drug-likeness (QED) is 0.490. The van der Waals surface area contributed by atoms with Crippen molar-refractivity contribution >= 4 is 37.5 Å². The normalized spacial score (nSPS) is 17.0. The first-order valence-electron chi connectivity index (χ1n) is 10.7. The smallest absolute Gasteiger partial charge is 0.279 e. The molecule has 0 radical (unpaired) electrons. The predicted molar refractivity (Wildman–Crippen MR) is 129 cm³/mol. The monoisotopic (exact) mass is 505 g/mol. The van der Waals surface area contributed by atoms with Crippen molar-refractivity contribution in [3.05, 3.63) is 46.8 Å². The van der Waals surface area contributed by atoms with Crippen LogP contribution in [0.4, 0.5) is 0 Å². The Hall–Kier alpha value is -2.73. The number of aromatic nitrogens is 1. The molecule has 1 aliphatic heterocycles. The topological polar surface area (TPSA) is 99.4 Å². The summed E-state index contributed by atoms with van der Waals surface area (Å²) in [7, 11) is 2.81. The number of nitrogens with zero attached hydrogens (tertiary/aromatic N) is 3. The van der Waals surface area contributed by atoms with Crippen LogP contribution in [0, 0.1) is 0 Å². The molecule has 2 heterocycles. The molecular formula is C23H27N3O6S2. The van der Waals surface area contributed by atoms with Gasteiger partial charge in [0, 0.05) is 44.9 Å². The number of carbonyl (C=O) groups excluding carboxylic acids is 1. The third-order valence-corrected chi connectivity index (χ3v) is 8.74. The van der Waals surface area contributed by atoms with Gasteiger partial charge in [0.15, 0.2) is 16.3 Å². The Labute approximate surface area is 202 Å². The molecule has 4 rings (SSSR count). The van der Waals surface area contributed by atoms with Gasteiger partial charge in [0.25, 0.3) is 5.91 Å². The van der Waals surface area contributed by atoms with E-state index in [2.05, 4.69) is 4.99 Å². The number of methoxy groups -OCH3 is 2. The first kappa shape index (κ1) is 24.4. The molecule has 0 aliphatic carbocycles. The lowest BCUT2D eigenvalue weighted by molar-refractivity contribution is 0.0979. The summed E-state index contributed by atoms with van der Waals surface area (Å²) in [6.07, 6.45) is 1.71. The number of thiazole rings is 1. The van der Waals surface area contributed by atoms with Crippen molar-refractivity contribution in [3.63, 3.8) is 0 Å². The van der Waals surface area contributed by atoms with Crippen LogP contribution >= 0.6 is 11.3 Å². The fourth-order valence-electron chi connectivity index (χ4n) is 3.84. The Morgan fingerprint density at radius 2 is 1.88 bits per heavy atom. The minimum atomic E-state index is -3.68. The van der Waals surface area contributed by atoms with Crippen molar-refractivity contribution in [1.82, 2.24) is 8.87 Å². The van der Waals surface area contributed by atoms with E-state index in [0.29, 0.717) is 35.0 Å². The van der Waals surface area contributed by atoms with E-state index in [1.54, 1.807) is 18.8 Å². The molecule has 1 unspecified atom stereocenters. The predicted octanol–water partition coefficient (Wildman–Crippen LogP) is 2.80. The molecule has 1 amide bonds. The van der Waals surface area contributed by atoms with Gasteiger partial charge in [-0.05, 0) is 37.1 Å². The average molecular weight is 506 g/mol. The number of carbonyl (C=O) groups is 1. The lowest BCUT2D eigenvalue weighted by Crippen LogP contribution is -2.34. The van der Waals surface area contributed by atoms with Crippen LogP contribution in [0.25, 0.3) is 10.2 Å². The summed E-state index contributed by atoms with van der Waals surface area (Å²) in [5.41, 5.74) is 1.15. The number of hydrogen-bond donors (Lipinski definition) is 0. The molecular weight excluding hydrogens is 478 g/mol. The zero-order valence-electron chi connectivity index (χ0n) is 19.5. The summed E-state index contributed by atoms with van der Waals surface area (Å²) in [4.78, 5) is 17.7. The zero-order valence-corrected chi connectivity index (χ0v) is 21.1. The summed E-state index contributed by atoms with van der Waals surface area (Å²) in [6, 6.07) is 9.52. The summed E-state index contributed by atoms with van der Waals surface area (Å²) in [6.45, 7) is 0.966. The van der Waals surface area contributed by atoms with Gasteiger partial charge in [0.2, 0.25) is 10.0 Å². The zero-order chi connectivity index (χ0) is 24.5. The minimum absolute atomic E-state index is 0.0820. The van der Waals surface area contributed by atoms with E-state index < -0.39 is 15.9 Å². The van der Waals surface area contributed by atoms with Crippen LogP contribution in [0.1, 0.15) is 23.2 Å². The number of rotatable bonds is 7. The summed E-state index contributed by atoms with van der Waals surface area (Å²) >= 11 is 1.35. The van der Waals surface area contributed by atoms with E-state index in [4.69, 9.17) is 14.2 Å². The Morgan fingerprint density at radius 1 is 1.21 bits per heavy atom. The van der Waals surface area contributed by atoms with Gasteiger partial charge in [-0.2, -0.15) is 9.30 Å². The first-order chi connectivity index (χ1) is 16.2. The SMILES string of the molecule is COc1cc2sc(=NC(=O)c3ccc(S(=O)(=O)N(C)CC4CCCO4)cc3)n(C)c2cc1OC. The number of benzene rings is 2. The fourth-order valence-corrected chi connectivity index (χ4v) is 6.06. The molecule has 0 bridgehead atoms. The van der Waals surface area contributed by atoms with E-state index in [-0.39, 0.29) is 11.0 Å². The van der Waals surface area contributed by atoms with Gasteiger partial charge in [-0.1, -0.05) is 11.3 Å². The second-order valence-electron chi connectivity index (χ2n) is 7.98. The molecule has 0 saturated carbocycles. The molecule has 1 aliphatic rings. The highest BCUT2D eigenvalue weighted by Gasteiger charge is 2.26. The van der Waals surface area contributed by atoms with E-state index in [1.807, 2.05) is 19.2 Å². The van der Waals surface area contributed by atoms with Crippen molar-refractivity contribution in [2.75, 3.05) is 34.4 Å². The van der Waals surface area contributed by atoms with Crippen LogP contribution in [0.15, 0.2) is 46.3 Å². The molecule has 3 aromatic rings. The van der Waals surface area contributed by atoms with Gasteiger partial charge >= 0.3 is 0 Å². The van der Waals surface area contributed by atoms with Crippen molar-refractivity contribution in [2.45, 2.75) is 23.8 Å². The number of amides is 1. The van der Waals surface area contributed by atoms with Crippen molar-refractivity contribution in [1.29, 1.82) is 0 Å². The third-order valence-electron chi connectivity index (χ3n) is 5.81. The van der Waals surface area contributed by atoms with Crippen LogP contribution in [-0.2, 0) is 21.8 Å². The average Bonchev–Trinajstić information content (AvgIpc) is 3.45. The molecule has 0 N–H and O–H groups in total. The molecule has 1 fully saturated rings. The Kier molecular flexibility index (Phi) is 7.08. The third kappa shape index (κ3) is 4.74. The maximum atomic E-state index is 12.9. The molecule has 11 heteroatoms. The second-order valence-corrected chi connectivity index (χ2v) is 11.0. The molecule has 0 spiro atoms. The molecule has 1 aromatic heterocycles. The van der Waals surface area contributed by atoms with E-state index in [1.165, 1.54) is 47.0 Å². The Morgan fingerprint density at radius 3 is 2.50 bits per heavy atom. The van der Waals surface area contributed by atoms with Gasteiger partial charge in [0.05, 0.1) is 35.4 Å². The molecule has 1 atom stereocenters. The van der Waals surface area contributed by atoms with Crippen LogP contribution in [0.3, 0.4) is 0 Å². The summed E-state index contributed by atoms with van der Waals surface area (Å²) < 4.78 is 46.0. The highest BCUT2D eigenvalue weighted by atomic mass is 32.2. The van der Waals surface area contributed by atoms with E-state index in [9.17, 15) is 13.2 Å². The number of ether oxygens (including phenoxy) is 3. The van der Waals surface area contributed by atoms with Crippen LogP contribution in [-0.4, -0.2) is 63.7 Å². The van der Waals surface area contributed by atoms with Gasteiger partial charge in [0.1, 0.15) is 0 Å². The van der Waals surface area contributed by atoms with Gasteiger partial charge in [-0.3, -0.25) is 4.79 Å². The lowest BCUT2D eigenvalue weighted by atomic mass is 10.2. The number of likely N-dealkylation sites (N-methyl/N-ethyl adjacent to an activating group) is 1. The second kappa shape index (κ2) is 9.87. The van der Waals surface area contributed by atoms with Gasteiger partial charge in [-0.25, -0.2) is 8.42 Å². The van der Waals surface area contributed by atoms with Crippen LogP contribution in [0.2, 0.25) is 0 Å². The molecule has 2 aromatic carbocycles. The van der Waals surface area contributed by atoms with Crippen LogP contribution < -0.4 is 14.3 Å². The molecule has 9 nitrogen and oxygen atoms in total. The molecule has 34 heavy (non-hydrogen) atoms. The van der Waals surface area contributed by atoms with Crippen molar-refractivity contribution < 1.29 is 27.4 Å². The molecule has 1 saturated heterocycles. The Balaban J connectivity index is 1.58. The molecule has 182 valence electrons. The number of sulfonamides is 1. The summed E-state index contributed by atoms with van der Waals surface area (Å²) in [5, 5.41) is 0.